The van der Waals surface area contributed by atoms with E-state index in [1.165, 1.54) is 18.9 Å². The molecule has 0 aliphatic carbocycles. The van der Waals surface area contributed by atoms with Crippen molar-refractivity contribution in [3.05, 3.63) is 47.8 Å². The molecule has 0 atom stereocenters. The van der Waals surface area contributed by atoms with Crippen LogP contribution in [0.15, 0.2) is 36.4 Å². The van der Waals surface area contributed by atoms with E-state index in [0.29, 0.717) is 25.4 Å². The molecule has 1 N–H and O–H groups in total. The molecule has 0 amide bonds. The number of nitrogens with zero attached hydrogens (tertiary/aromatic N) is 1. The Labute approximate surface area is 152 Å². The van der Waals surface area contributed by atoms with Crippen LogP contribution in [0.5, 0.6) is 17.2 Å². The van der Waals surface area contributed by atoms with Crippen LogP contribution in [0.1, 0.15) is 18.4 Å². The molecular formula is C20H23FN2O3. The zero-order valence-corrected chi connectivity index (χ0v) is 14.7. The fourth-order valence-electron chi connectivity index (χ4n) is 3.40. The van der Waals surface area contributed by atoms with Gasteiger partial charge in [0, 0.05) is 43.5 Å². The fraction of sp³-hybridized carbons (Fsp3) is 0.400. The molecule has 4 rings (SSSR count). The summed E-state index contributed by atoms with van der Waals surface area (Å²) in [5.41, 5.74) is 1.74. The molecule has 138 valence electrons. The maximum Gasteiger partial charge on any atom is 0.231 e. The van der Waals surface area contributed by atoms with Gasteiger partial charge in [0.1, 0.15) is 18.2 Å². The quantitative estimate of drug-likeness (QED) is 0.769. The van der Waals surface area contributed by atoms with Gasteiger partial charge in [-0.3, -0.25) is 0 Å². The lowest BCUT2D eigenvalue weighted by atomic mass is 10.1. The van der Waals surface area contributed by atoms with Crippen LogP contribution in [0, 0.1) is 5.82 Å². The lowest BCUT2D eigenvalue weighted by Gasteiger charge is -2.22. The van der Waals surface area contributed by atoms with Crippen LogP contribution in [0.25, 0.3) is 0 Å². The summed E-state index contributed by atoms with van der Waals surface area (Å²) < 4.78 is 30.6. The van der Waals surface area contributed by atoms with Gasteiger partial charge in [0.05, 0.1) is 0 Å². The van der Waals surface area contributed by atoms with Gasteiger partial charge < -0.3 is 24.4 Å². The molecule has 0 unspecified atom stereocenters. The minimum Gasteiger partial charge on any atom is -0.492 e. The highest BCUT2D eigenvalue weighted by atomic mass is 19.1. The molecule has 2 aliphatic rings. The first-order valence-electron chi connectivity index (χ1n) is 9.07. The van der Waals surface area contributed by atoms with Crippen molar-refractivity contribution in [1.82, 2.24) is 5.32 Å². The van der Waals surface area contributed by atoms with Gasteiger partial charge in [-0.25, -0.2) is 4.39 Å². The average molecular weight is 358 g/mol. The second-order valence-corrected chi connectivity index (χ2v) is 6.47. The molecule has 26 heavy (non-hydrogen) atoms. The molecule has 1 saturated heterocycles. The molecular weight excluding hydrogens is 335 g/mol. The molecule has 1 fully saturated rings. The summed E-state index contributed by atoms with van der Waals surface area (Å²) in [6, 6.07) is 10.8. The lowest BCUT2D eigenvalue weighted by Crippen LogP contribution is -2.25. The molecule has 2 aromatic carbocycles. The zero-order valence-electron chi connectivity index (χ0n) is 14.7. The largest absolute Gasteiger partial charge is 0.492 e. The van der Waals surface area contributed by atoms with Gasteiger partial charge in [0.2, 0.25) is 6.79 Å². The summed E-state index contributed by atoms with van der Waals surface area (Å²) >= 11 is 0. The van der Waals surface area contributed by atoms with Gasteiger partial charge in [-0.05, 0) is 37.1 Å². The average Bonchev–Trinajstić information content (AvgIpc) is 3.33. The first kappa shape index (κ1) is 17.0. The van der Waals surface area contributed by atoms with Crippen LogP contribution in [-0.4, -0.2) is 33.0 Å². The van der Waals surface area contributed by atoms with Crippen molar-refractivity contribution in [2.45, 2.75) is 19.4 Å². The summed E-state index contributed by atoms with van der Waals surface area (Å²) in [5.74, 6) is 2.03. The van der Waals surface area contributed by atoms with Crippen molar-refractivity contribution >= 4 is 5.69 Å². The summed E-state index contributed by atoms with van der Waals surface area (Å²) in [4.78, 5) is 2.27. The number of benzene rings is 2. The standard InChI is InChI=1S/C20H23FN2O3/c21-17-4-3-5-18(23-9-1-2-10-23)16(17)13-22-8-11-24-15-6-7-19-20(12-15)26-14-25-19/h3-7,12,22H,1-2,8-11,13-14H2. The van der Waals surface area contributed by atoms with Crippen molar-refractivity contribution in [2.75, 3.05) is 37.9 Å². The molecule has 2 aromatic rings. The van der Waals surface area contributed by atoms with E-state index in [2.05, 4.69) is 10.2 Å². The number of ether oxygens (including phenoxy) is 3. The SMILES string of the molecule is Fc1cccc(N2CCCC2)c1CNCCOc1ccc2c(c1)OCO2. The van der Waals surface area contributed by atoms with Crippen molar-refractivity contribution < 1.29 is 18.6 Å². The van der Waals surface area contributed by atoms with E-state index >= 15 is 0 Å². The summed E-state index contributed by atoms with van der Waals surface area (Å²) in [7, 11) is 0. The van der Waals surface area contributed by atoms with Crippen LogP contribution in [0.2, 0.25) is 0 Å². The number of hydrogen-bond acceptors (Lipinski definition) is 5. The number of nitrogens with one attached hydrogen (secondary N) is 1. The van der Waals surface area contributed by atoms with Crippen LogP contribution < -0.4 is 24.4 Å². The van der Waals surface area contributed by atoms with Crippen LogP contribution in [0.3, 0.4) is 0 Å². The van der Waals surface area contributed by atoms with Crippen LogP contribution >= 0.6 is 0 Å². The Hall–Kier alpha value is -2.47. The minimum atomic E-state index is -0.154. The van der Waals surface area contributed by atoms with Crippen molar-refractivity contribution in [3.63, 3.8) is 0 Å². The topological polar surface area (TPSA) is 43.0 Å². The van der Waals surface area contributed by atoms with E-state index in [0.717, 1.165) is 35.8 Å². The van der Waals surface area contributed by atoms with E-state index in [9.17, 15) is 4.39 Å². The van der Waals surface area contributed by atoms with E-state index in [1.54, 1.807) is 6.07 Å². The second kappa shape index (κ2) is 7.83. The zero-order chi connectivity index (χ0) is 17.8. The van der Waals surface area contributed by atoms with Gasteiger partial charge in [-0.2, -0.15) is 0 Å². The Morgan fingerprint density at radius 1 is 1.08 bits per heavy atom. The van der Waals surface area contributed by atoms with Gasteiger partial charge in [0.15, 0.2) is 11.5 Å². The second-order valence-electron chi connectivity index (χ2n) is 6.47. The third kappa shape index (κ3) is 3.70. The monoisotopic (exact) mass is 358 g/mol. The fourth-order valence-corrected chi connectivity index (χ4v) is 3.40. The molecule has 6 heteroatoms. The predicted octanol–water partition coefficient (Wildman–Crippen LogP) is 3.32. The Kier molecular flexibility index (Phi) is 5.11. The number of fused-ring (bicyclic) bond motifs is 1. The van der Waals surface area contributed by atoms with E-state index in [4.69, 9.17) is 14.2 Å². The van der Waals surface area contributed by atoms with E-state index in [-0.39, 0.29) is 12.6 Å². The Balaban J connectivity index is 1.28. The molecule has 0 aromatic heterocycles. The van der Waals surface area contributed by atoms with Gasteiger partial charge >= 0.3 is 0 Å². The van der Waals surface area contributed by atoms with E-state index in [1.807, 2.05) is 24.3 Å². The maximum atomic E-state index is 14.3. The highest BCUT2D eigenvalue weighted by Gasteiger charge is 2.18. The van der Waals surface area contributed by atoms with Crippen LogP contribution in [0.4, 0.5) is 10.1 Å². The molecule has 2 heterocycles. The number of hydrogen-bond donors (Lipinski definition) is 1. The summed E-state index contributed by atoms with van der Waals surface area (Å²) in [6.45, 7) is 3.87. The predicted molar refractivity (Wildman–Crippen MR) is 97.6 cm³/mol. The molecule has 5 nitrogen and oxygen atoms in total. The Morgan fingerprint density at radius 3 is 2.81 bits per heavy atom. The number of rotatable bonds is 7. The van der Waals surface area contributed by atoms with Crippen molar-refractivity contribution in [2.24, 2.45) is 0 Å². The summed E-state index contributed by atoms with van der Waals surface area (Å²) in [6.07, 6.45) is 2.35. The number of halogens is 1. The molecule has 0 spiro atoms. The summed E-state index contributed by atoms with van der Waals surface area (Å²) in [5, 5.41) is 3.28. The third-order valence-electron chi connectivity index (χ3n) is 4.73. The van der Waals surface area contributed by atoms with Crippen molar-refractivity contribution in [3.8, 4) is 17.2 Å². The maximum absolute atomic E-state index is 14.3. The molecule has 0 radical (unpaired) electrons. The van der Waals surface area contributed by atoms with Crippen molar-refractivity contribution in [1.29, 1.82) is 0 Å². The van der Waals surface area contributed by atoms with Gasteiger partial charge in [-0.15, -0.1) is 0 Å². The Morgan fingerprint density at radius 2 is 1.92 bits per heavy atom. The van der Waals surface area contributed by atoms with Crippen LogP contribution in [-0.2, 0) is 6.54 Å². The smallest absolute Gasteiger partial charge is 0.231 e. The number of anilines is 1. The first-order valence-corrected chi connectivity index (χ1v) is 9.07. The first-order chi connectivity index (χ1) is 12.8. The molecule has 0 saturated carbocycles. The Bertz CT molecular complexity index is 763. The van der Waals surface area contributed by atoms with E-state index < -0.39 is 0 Å². The highest BCUT2D eigenvalue weighted by Crippen LogP contribution is 2.35. The molecule has 2 aliphatic heterocycles. The third-order valence-corrected chi connectivity index (χ3v) is 4.73. The minimum absolute atomic E-state index is 0.154. The normalized spacial score (nSPS) is 15.5. The highest BCUT2D eigenvalue weighted by molar-refractivity contribution is 5.54. The van der Waals surface area contributed by atoms with Gasteiger partial charge in [0.25, 0.3) is 0 Å². The lowest BCUT2D eigenvalue weighted by molar-refractivity contribution is 0.173. The molecule has 0 bridgehead atoms. The van der Waals surface area contributed by atoms with Gasteiger partial charge in [-0.1, -0.05) is 6.07 Å².